The predicted molar refractivity (Wildman–Crippen MR) is 171 cm³/mol. The Morgan fingerprint density at radius 3 is 1.49 bits per heavy atom. The van der Waals surface area contributed by atoms with Crippen LogP contribution in [-0.4, -0.2) is 4.57 Å². The molecular formula is C39H24N2. The molecule has 190 valence electrons. The molecule has 41 heavy (non-hydrogen) atoms. The van der Waals surface area contributed by atoms with E-state index in [-0.39, 0.29) is 0 Å². The van der Waals surface area contributed by atoms with E-state index in [0.717, 1.165) is 27.5 Å². The summed E-state index contributed by atoms with van der Waals surface area (Å²) in [4.78, 5) is 0. The molecule has 0 bridgehead atoms. The minimum atomic E-state index is 0.665. The molecule has 0 unspecified atom stereocenters. The van der Waals surface area contributed by atoms with Crippen molar-refractivity contribution in [3.8, 4) is 34.0 Å². The molecule has 8 aromatic rings. The topological polar surface area (TPSA) is 28.7 Å². The van der Waals surface area contributed by atoms with E-state index in [1.165, 1.54) is 43.8 Å². The molecule has 0 atom stereocenters. The lowest BCUT2D eigenvalue weighted by atomic mass is 9.86. The van der Waals surface area contributed by atoms with Gasteiger partial charge in [0.2, 0.25) is 0 Å². The molecule has 8 rings (SSSR count). The number of rotatable bonds is 3. The van der Waals surface area contributed by atoms with Crippen molar-refractivity contribution in [2.75, 3.05) is 0 Å². The van der Waals surface area contributed by atoms with E-state index in [9.17, 15) is 5.26 Å². The van der Waals surface area contributed by atoms with Crippen molar-refractivity contribution < 1.29 is 0 Å². The minimum absolute atomic E-state index is 0.665. The zero-order valence-electron chi connectivity index (χ0n) is 22.3. The minimum Gasteiger partial charge on any atom is -0.309 e. The summed E-state index contributed by atoms with van der Waals surface area (Å²) in [7, 11) is 0. The van der Waals surface area contributed by atoms with Gasteiger partial charge in [0.15, 0.2) is 0 Å². The normalized spacial score (nSPS) is 11.4. The van der Waals surface area contributed by atoms with Crippen molar-refractivity contribution in [2.45, 2.75) is 0 Å². The Hall–Kier alpha value is -5.65. The predicted octanol–water partition coefficient (Wildman–Crippen LogP) is 10.3. The highest BCUT2D eigenvalue weighted by Crippen LogP contribution is 2.45. The van der Waals surface area contributed by atoms with E-state index >= 15 is 0 Å². The van der Waals surface area contributed by atoms with Gasteiger partial charge in [0.05, 0.1) is 22.7 Å². The van der Waals surface area contributed by atoms with Gasteiger partial charge in [-0.15, -0.1) is 0 Å². The summed E-state index contributed by atoms with van der Waals surface area (Å²) in [6.07, 6.45) is 0. The highest BCUT2D eigenvalue weighted by molar-refractivity contribution is 6.22. The Balaban J connectivity index is 1.49. The Labute approximate surface area is 238 Å². The molecule has 0 saturated heterocycles. The third kappa shape index (κ3) is 3.57. The van der Waals surface area contributed by atoms with Crippen molar-refractivity contribution in [1.82, 2.24) is 4.57 Å². The summed E-state index contributed by atoms with van der Waals surface area (Å²) in [6.45, 7) is 0. The van der Waals surface area contributed by atoms with Crippen molar-refractivity contribution in [3.63, 3.8) is 0 Å². The van der Waals surface area contributed by atoms with Crippen LogP contribution in [-0.2, 0) is 0 Å². The third-order valence-electron chi connectivity index (χ3n) is 8.19. The summed E-state index contributed by atoms with van der Waals surface area (Å²) in [5.74, 6) is 0. The molecule has 0 saturated carbocycles. The maximum Gasteiger partial charge on any atom is 0.0991 e. The van der Waals surface area contributed by atoms with Gasteiger partial charge in [-0.25, -0.2) is 0 Å². The monoisotopic (exact) mass is 520 g/mol. The van der Waals surface area contributed by atoms with Crippen molar-refractivity contribution in [3.05, 3.63) is 151 Å². The number of hydrogen-bond donors (Lipinski definition) is 0. The van der Waals surface area contributed by atoms with Crippen molar-refractivity contribution >= 4 is 43.4 Å². The number of fused-ring (bicyclic) bond motifs is 5. The van der Waals surface area contributed by atoms with Crippen LogP contribution in [0.2, 0.25) is 0 Å². The second-order valence-corrected chi connectivity index (χ2v) is 10.5. The molecule has 2 heteroatoms. The number of hydrogen-bond acceptors (Lipinski definition) is 1. The summed E-state index contributed by atoms with van der Waals surface area (Å²) < 4.78 is 2.30. The van der Waals surface area contributed by atoms with E-state index in [1.807, 2.05) is 18.2 Å². The quantitative estimate of drug-likeness (QED) is 0.213. The molecule has 7 aromatic carbocycles. The Morgan fingerprint density at radius 2 is 0.902 bits per heavy atom. The molecular weight excluding hydrogens is 496 g/mol. The van der Waals surface area contributed by atoms with Crippen LogP contribution in [0.15, 0.2) is 146 Å². The molecule has 0 aliphatic carbocycles. The van der Waals surface area contributed by atoms with Gasteiger partial charge in [0, 0.05) is 16.5 Å². The van der Waals surface area contributed by atoms with Crippen molar-refractivity contribution in [1.29, 1.82) is 5.26 Å². The smallest absolute Gasteiger partial charge is 0.0991 e. The van der Waals surface area contributed by atoms with Crippen LogP contribution in [0.4, 0.5) is 0 Å². The summed E-state index contributed by atoms with van der Waals surface area (Å²) in [5.41, 5.74) is 8.87. The van der Waals surface area contributed by atoms with E-state index in [1.54, 1.807) is 0 Å². The number of para-hydroxylation sites is 1. The molecule has 0 aliphatic heterocycles. The fourth-order valence-corrected chi connectivity index (χ4v) is 6.46. The Bertz CT molecular complexity index is 2250. The van der Waals surface area contributed by atoms with Gasteiger partial charge < -0.3 is 4.57 Å². The van der Waals surface area contributed by atoms with Gasteiger partial charge in [0.25, 0.3) is 0 Å². The van der Waals surface area contributed by atoms with Crippen LogP contribution in [0.25, 0.3) is 71.3 Å². The van der Waals surface area contributed by atoms with E-state index in [0.29, 0.717) is 5.56 Å². The summed E-state index contributed by atoms with van der Waals surface area (Å²) in [6, 6.07) is 53.8. The molecule has 0 amide bonds. The van der Waals surface area contributed by atoms with E-state index in [2.05, 4.69) is 138 Å². The van der Waals surface area contributed by atoms with Crippen LogP contribution in [0.1, 0.15) is 5.56 Å². The SMILES string of the molecule is N#Cc1ccc2c(c1)c1cc(-c3c4ccccc4c(-c4ccccc4)c4ccccc34)ccc1n2-c1ccccc1. The molecule has 0 N–H and O–H groups in total. The lowest BCUT2D eigenvalue weighted by Crippen LogP contribution is -1.93. The van der Waals surface area contributed by atoms with Crippen LogP contribution in [0, 0.1) is 11.3 Å². The van der Waals surface area contributed by atoms with Gasteiger partial charge in [-0.05, 0) is 86.3 Å². The number of benzene rings is 7. The molecule has 0 aliphatic rings. The number of nitriles is 1. The first-order valence-corrected chi connectivity index (χ1v) is 13.8. The van der Waals surface area contributed by atoms with E-state index in [4.69, 9.17) is 0 Å². The first-order valence-electron chi connectivity index (χ1n) is 13.8. The Morgan fingerprint density at radius 1 is 0.415 bits per heavy atom. The lowest BCUT2D eigenvalue weighted by Gasteiger charge is -2.18. The van der Waals surface area contributed by atoms with Crippen LogP contribution in [0.3, 0.4) is 0 Å². The summed E-state index contributed by atoms with van der Waals surface area (Å²) in [5, 5.41) is 16.9. The zero-order chi connectivity index (χ0) is 27.3. The molecule has 2 nitrogen and oxygen atoms in total. The first kappa shape index (κ1) is 23.3. The maximum atomic E-state index is 9.73. The molecule has 1 aromatic heterocycles. The second-order valence-electron chi connectivity index (χ2n) is 10.5. The molecule has 1 heterocycles. The van der Waals surface area contributed by atoms with E-state index < -0.39 is 0 Å². The summed E-state index contributed by atoms with van der Waals surface area (Å²) >= 11 is 0. The average Bonchev–Trinajstić information content (AvgIpc) is 3.37. The number of nitrogens with zero attached hydrogens (tertiary/aromatic N) is 2. The van der Waals surface area contributed by atoms with Gasteiger partial charge in [0.1, 0.15) is 0 Å². The fourth-order valence-electron chi connectivity index (χ4n) is 6.46. The highest BCUT2D eigenvalue weighted by atomic mass is 15.0. The lowest BCUT2D eigenvalue weighted by molar-refractivity contribution is 1.18. The largest absolute Gasteiger partial charge is 0.309 e. The van der Waals surface area contributed by atoms with Gasteiger partial charge in [-0.2, -0.15) is 5.26 Å². The van der Waals surface area contributed by atoms with Crippen LogP contribution < -0.4 is 0 Å². The fraction of sp³-hybridized carbons (Fsp3) is 0. The van der Waals surface area contributed by atoms with Crippen LogP contribution in [0.5, 0.6) is 0 Å². The standard InChI is InChI=1S/C39H24N2/c40-25-26-19-21-36-34(23-26)35-24-28(20-22-37(35)41(36)29-13-5-2-6-14-29)39-32-17-9-7-15-30(32)38(27-11-3-1-4-12-27)31-16-8-10-18-33(31)39/h1-24H. The molecule has 0 radical (unpaired) electrons. The molecule has 0 spiro atoms. The van der Waals surface area contributed by atoms with Crippen LogP contribution >= 0.6 is 0 Å². The van der Waals surface area contributed by atoms with Crippen molar-refractivity contribution in [2.24, 2.45) is 0 Å². The maximum absolute atomic E-state index is 9.73. The highest BCUT2D eigenvalue weighted by Gasteiger charge is 2.18. The second kappa shape index (κ2) is 9.23. The van der Waals surface area contributed by atoms with Gasteiger partial charge in [-0.3, -0.25) is 0 Å². The molecule has 0 fully saturated rings. The number of aromatic nitrogens is 1. The Kier molecular flexibility index (Phi) is 5.23. The first-order chi connectivity index (χ1) is 20.3. The average molecular weight is 521 g/mol. The van der Waals surface area contributed by atoms with Gasteiger partial charge in [-0.1, -0.05) is 103 Å². The van der Waals surface area contributed by atoms with Gasteiger partial charge >= 0.3 is 0 Å². The zero-order valence-corrected chi connectivity index (χ0v) is 22.3. The third-order valence-corrected chi connectivity index (χ3v) is 8.19.